The standard InChI is InChI=1S/C72H94F2N10O9Si/c1-45(2)94(46(3)4,47(5)6)33-20-54-57(73)16-12-49-34-53(92-44-89-10)36-55(61(49)54)63-62(74)64-56(39-75-63)65(82-40-51-14-15-52(41-82)84(51)69(88)93-70(7,8)9)78-67(77-64)91-43-72(21-22-72)42-80-31-29-79(30-32-80)25-18-48-37-71(38-48)23-27-81(28-24-71)66(86)50-13-17-59(90-11)58(35-50)83-26-19-60(85)76-68(83)87/h12-13,16-17,34-36,39,45-48,51-52H,14-15,18-19,21-32,37-38,40-44H2,1-11H3,(H,76,85,87). The van der Waals surface area contributed by atoms with E-state index in [4.69, 9.17) is 38.6 Å². The van der Waals surface area contributed by atoms with E-state index < -0.39 is 31.3 Å². The van der Waals surface area contributed by atoms with Gasteiger partial charge in [0.15, 0.2) is 12.6 Å². The van der Waals surface area contributed by atoms with Crippen molar-refractivity contribution in [3.8, 4) is 40.2 Å². The lowest BCUT2D eigenvalue weighted by molar-refractivity contribution is -0.120. The molecule has 7 aliphatic rings. The summed E-state index contributed by atoms with van der Waals surface area (Å²) >= 11 is 0. The van der Waals surface area contributed by atoms with Gasteiger partial charge >= 0.3 is 18.1 Å². The Morgan fingerprint density at radius 3 is 2.16 bits per heavy atom. The summed E-state index contributed by atoms with van der Waals surface area (Å²) in [6.07, 6.45) is 10.5. The molecule has 2 bridgehead atoms. The molecule has 504 valence electrons. The number of halogens is 2. The quantitative estimate of drug-likeness (QED) is 0.0467. The van der Waals surface area contributed by atoms with Gasteiger partial charge in [0, 0.05) is 107 Å². The first-order valence-corrected chi connectivity index (χ1v) is 36.3. The SMILES string of the molecule is COCOc1cc(-c2ncc3c(N4CC5CCC(C4)N5C(=O)OC(C)(C)C)nc(OCC4(CN5CCN(CCC6CC7(CCN(C(=O)c8ccc(OC)c(N9CCC(=O)NC9=O)c8)CC7)C6)CC5)CC4)nc3c2F)c2c(C#C[Si](C(C)C)(C(C)C)C(C)C)c(F)ccc2c1. The highest BCUT2D eigenvalue weighted by Gasteiger charge is 2.49. The number of nitrogens with one attached hydrogen (secondary N) is 1. The van der Waals surface area contributed by atoms with Crippen LogP contribution in [-0.2, 0) is 14.3 Å². The second-order valence-electron chi connectivity index (χ2n) is 29.8. The molecule has 0 radical (unpaired) electrons. The van der Waals surface area contributed by atoms with Crippen molar-refractivity contribution in [2.24, 2.45) is 16.7 Å². The van der Waals surface area contributed by atoms with Crippen LogP contribution in [0, 0.1) is 39.8 Å². The molecule has 3 aromatic carbocycles. The first kappa shape index (κ1) is 66.8. The normalized spacial score (nSPS) is 20.9. The van der Waals surface area contributed by atoms with Crippen LogP contribution < -0.4 is 29.3 Å². The van der Waals surface area contributed by atoms with Gasteiger partial charge in [0.1, 0.15) is 48.0 Å². The fourth-order valence-corrected chi connectivity index (χ4v) is 21.7. The molecule has 2 atom stereocenters. The van der Waals surface area contributed by atoms with Gasteiger partial charge < -0.3 is 43.3 Å². The van der Waals surface area contributed by atoms with Gasteiger partial charge in [-0.05, 0) is 155 Å². The van der Waals surface area contributed by atoms with Crippen LogP contribution >= 0.6 is 0 Å². The minimum absolute atomic E-state index is 0.0160. The number of carbonyl (C=O) groups is 4. The summed E-state index contributed by atoms with van der Waals surface area (Å²) in [5.41, 5.74) is 5.53. The van der Waals surface area contributed by atoms with E-state index in [1.165, 1.54) is 38.0 Å². The topological polar surface area (TPSA) is 185 Å². The Bertz CT molecular complexity index is 3730. The van der Waals surface area contributed by atoms with E-state index in [-0.39, 0.29) is 83.4 Å². The van der Waals surface area contributed by atoms with Crippen molar-refractivity contribution in [3.63, 3.8) is 0 Å². The van der Waals surface area contributed by atoms with E-state index >= 15 is 8.78 Å². The highest BCUT2D eigenvalue weighted by molar-refractivity contribution is 6.90. The zero-order valence-corrected chi connectivity index (χ0v) is 57.8. The number of fused-ring (bicyclic) bond motifs is 4. The van der Waals surface area contributed by atoms with Gasteiger partial charge in [-0.2, -0.15) is 9.97 Å². The van der Waals surface area contributed by atoms with E-state index in [2.05, 4.69) is 73.0 Å². The number of methoxy groups -OCH3 is 2. The van der Waals surface area contributed by atoms with Crippen LogP contribution in [0.3, 0.4) is 0 Å². The number of nitrogens with zero attached hydrogens (tertiary/aromatic N) is 9. The van der Waals surface area contributed by atoms with Gasteiger partial charge in [0.2, 0.25) is 5.91 Å². The number of benzene rings is 3. The fourth-order valence-electron chi connectivity index (χ4n) is 16.5. The maximum atomic E-state index is 18.3. The van der Waals surface area contributed by atoms with E-state index in [1.807, 2.05) is 30.6 Å². The van der Waals surface area contributed by atoms with Crippen LogP contribution in [-0.4, -0.2) is 184 Å². The molecule has 2 unspecified atom stereocenters. The summed E-state index contributed by atoms with van der Waals surface area (Å²) in [5.74, 6) is 3.77. The van der Waals surface area contributed by atoms with Crippen molar-refractivity contribution in [2.75, 3.05) is 109 Å². The van der Waals surface area contributed by atoms with Gasteiger partial charge in [0.25, 0.3) is 5.91 Å². The number of rotatable bonds is 19. The number of carbonyl (C=O) groups excluding carboxylic acids is 4. The van der Waals surface area contributed by atoms with Crippen molar-refractivity contribution in [2.45, 2.75) is 161 Å². The third-order valence-corrected chi connectivity index (χ3v) is 27.9. The molecule has 12 rings (SSSR count). The predicted molar refractivity (Wildman–Crippen MR) is 361 cm³/mol. The molecule has 19 nitrogen and oxygen atoms in total. The van der Waals surface area contributed by atoms with Crippen molar-refractivity contribution >= 4 is 65.2 Å². The first-order valence-electron chi connectivity index (χ1n) is 34.1. The molecule has 5 amide bonds. The second-order valence-corrected chi connectivity index (χ2v) is 35.4. The molecule has 5 saturated heterocycles. The highest BCUT2D eigenvalue weighted by Crippen LogP contribution is 2.54. The maximum absolute atomic E-state index is 18.3. The molecular formula is C72H94F2N10O9Si. The zero-order valence-electron chi connectivity index (χ0n) is 56.8. The number of anilines is 2. The molecule has 5 aliphatic heterocycles. The van der Waals surface area contributed by atoms with Crippen LogP contribution in [0.4, 0.5) is 29.9 Å². The molecule has 5 aromatic rings. The molecule has 2 saturated carbocycles. The number of amides is 5. The number of pyridine rings is 1. The minimum Gasteiger partial charge on any atom is -0.495 e. The van der Waals surface area contributed by atoms with Gasteiger partial charge in [-0.1, -0.05) is 53.5 Å². The Labute approximate surface area is 552 Å². The number of aromatic nitrogens is 3. The lowest BCUT2D eigenvalue weighted by atomic mass is 9.57. The van der Waals surface area contributed by atoms with Crippen LogP contribution in [0.2, 0.25) is 16.6 Å². The monoisotopic (exact) mass is 1310 g/mol. The van der Waals surface area contributed by atoms with Crippen molar-refractivity contribution < 1.29 is 51.6 Å². The molecule has 22 heteroatoms. The smallest absolute Gasteiger partial charge is 0.410 e. The molecule has 94 heavy (non-hydrogen) atoms. The number of hydrogen-bond donors (Lipinski definition) is 1. The Hall–Kier alpha value is -7.19. The van der Waals surface area contributed by atoms with Crippen LogP contribution in [0.1, 0.15) is 142 Å². The van der Waals surface area contributed by atoms with Gasteiger partial charge in [-0.15, -0.1) is 5.54 Å². The maximum Gasteiger partial charge on any atom is 0.410 e. The number of imide groups is 1. The average Bonchev–Trinajstić information content (AvgIpc) is 0.947. The Morgan fingerprint density at radius 1 is 0.830 bits per heavy atom. The third kappa shape index (κ3) is 13.5. The van der Waals surface area contributed by atoms with Crippen molar-refractivity contribution in [1.29, 1.82) is 0 Å². The summed E-state index contributed by atoms with van der Waals surface area (Å²) < 4.78 is 64.4. The molecule has 2 aromatic heterocycles. The summed E-state index contributed by atoms with van der Waals surface area (Å²) in [4.78, 5) is 79.5. The second kappa shape index (κ2) is 26.8. The first-order chi connectivity index (χ1) is 44.9. The van der Waals surface area contributed by atoms with E-state index in [1.54, 1.807) is 42.6 Å². The Balaban J connectivity index is 0.728. The average molecular weight is 1310 g/mol. The van der Waals surface area contributed by atoms with Crippen LogP contribution in [0.15, 0.2) is 48.7 Å². The minimum atomic E-state index is -2.36. The van der Waals surface area contributed by atoms with Gasteiger partial charge in [0.05, 0.1) is 42.4 Å². The molecular weight excluding hydrogens is 1210 g/mol. The van der Waals surface area contributed by atoms with Crippen molar-refractivity contribution in [1.82, 2.24) is 39.9 Å². The molecule has 7 heterocycles. The van der Waals surface area contributed by atoms with E-state index in [9.17, 15) is 19.2 Å². The Morgan fingerprint density at radius 2 is 1.52 bits per heavy atom. The number of hydrogen-bond acceptors (Lipinski definition) is 15. The molecule has 2 aliphatic carbocycles. The number of piperazine rings is 2. The number of piperidine rings is 1. The Kier molecular flexibility index (Phi) is 19.0. The third-order valence-electron chi connectivity index (χ3n) is 21.6. The predicted octanol–water partition coefficient (Wildman–Crippen LogP) is 12.2. The largest absolute Gasteiger partial charge is 0.495 e. The zero-order chi connectivity index (χ0) is 66.6. The summed E-state index contributed by atoms with van der Waals surface area (Å²) in [6.45, 7) is 27.5. The van der Waals surface area contributed by atoms with Gasteiger partial charge in [-0.25, -0.2) is 18.4 Å². The van der Waals surface area contributed by atoms with E-state index in [0.717, 1.165) is 84.2 Å². The molecule has 1 spiro atoms. The van der Waals surface area contributed by atoms with Crippen LogP contribution in [0.25, 0.3) is 32.9 Å². The summed E-state index contributed by atoms with van der Waals surface area (Å²) in [7, 11) is 0.693. The number of urea groups is 1. The summed E-state index contributed by atoms with van der Waals surface area (Å²) in [6, 6.07) is 10.9. The molecule has 1 N–H and O–H groups in total. The summed E-state index contributed by atoms with van der Waals surface area (Å²) in [5, 5.41) is 3.78. The molecule has 7 fully saturated rings. The highest BCUT2D eigenvalue weighted by atomic mass is 28.3. The lowest BCUT2D eigenvalue weighted by Gasteiger charge is -2.53. The van der Waals surface area contributed by atoms with E-state index in [0.29, 0.717) is 106 Å². The van der Waals surface area contributed by atoms with Gasteiger partial charge in [-0.3, -0.25) is 29.7 Å². The lowest BCUT2D eigenvalue weighted by Crippen LogP contribution is -2.57. The number of ether oxygens (including phenoxy) is 5. The van der Waals surface area contributed by atoms with Crippen LogP contribution in [0.5, 0.6) is 17.5 Å². The van der Waals surface area contributed by atoms with Crippen molar-refractivity contribution in [3.05, 3.63) is 71.4 Å². The fraction of sp³-hybridized carbons (Fsp3) is 0.597. The number of likely N-dealkylation sites (tertiary alicyclic amines) is 1.